The van der Waals surface area contributed by atoms with Crippen molar-refractivity contribution in [1.82, 2.24) is 0 Å². The van der Waals surface area contributed by atoms with Crippen LogP contribution in [0.3, 0.4) is 0 Å². The summed E-state index contributed by atoms with van der Waals surface area (Å²) in [4.78, 5) is 0. The third-order valence-electron chi connectivity index (χ3n) is 1.70. The number of rotatable bonds is 2. The highest BCUT2D eigenvalue weighted by Crippen LogP contribution is 2.15. The van der Waals surface area contributed by atoms with E-state index in [9.17, 15) is 5.11 Å². The van der Waals surface area contributed by atoms with E-state index in [1.54, 1.807) is 24.3 Å². The van der Waals surface area contributed by atoms with Crippen LogP contribution in [0.15, 0.2) is 24.3 Å². The Hall–Kier alpha value is -1.04. The second kappa shape index (κ2) is 3.78. The van der Waals surface area contributed by atoms with E-state index < -0.39 is 5.60 Å². The molecule has 68 valence electrons. The van der Waals surface area contributed by atoms with Crippen molar-refractivity contribution >= 4 is 11.6 Å². The Balaban J connectivity index is 2.77. The summed E-state index contributed by atoms with van der Waals surface area (Å²) in [6, 6.07) is 8.91. The van der Waals surface area contributed by atoms with Gasteiger partial charge in [0.1, 0.15) is 0 Å². The first-order valence-electron chi connectivity index (χ1n) is 3.91. The lowest BCUT2D eigenvalue weighted by Crippen LogP contribution is -2.24. The second-order valence-electron chi connectivity index (χ2n) is 3.19. The van der Waals surface area contributed by atoms with Gasteiger partial charge in [-0.25, -0.2) is 0 Å². The molecule has 0 aliphatic carbocycles. The lowest BCUT2D eigenvalue weighted by Gasteiger charge is -2.13. The molecule has 3 heteroatoms. The second-order valence-corrected chi connectivity index (χ2v) is 3.63. The molecule has 0 saturated carbocycles. The average molecular weight is 196 g/mol. The van der Waals surface area contributed by atoms with Crippen LogP contribution in [0, 0.1) is 11.3 Å². The standard InChI is InChI=1S/C10H10ClNO/c1-10(13,7-12)6-8-2-4-9(11)5-3-8/h2-5,13H,6H2,1H3/t10-/m0/s1. The van der Waals surface area contributed by atoms with Crippen LogP contribution < -0.4 is 0 Å². The third-order valence-corrected chi connectivity index (χ3v) is 1.95. The largest absolute Gasteiger partial charge is 0.375 e. The molecule has 13 heavy (non-hydrogen) atoms. The summed E-state index contributed by atoms with van der Waals surface area (Å²) in [6.45, 7) is 1.49. The van der Waals surface area contributed by atoms with E-state index in [0.717, 1.165) is 5.56 Å². The van der Waals surface area contributed by atoms with Gasteiger partial charge in [-0.1, -0.05) is 23.7 Å². The number of hydrogen-bond acceptors (Lipinski definition) is 2. The molecule has 0 unspecified atom stereocenters. The molecular weight excluding hydrogens is 186 g/mol. The molecule has 0 saturated heterocycles. The van der Waals surface area contributed by atoms with Crippen LogP contribution >= 0.6 is 11.6 Å². The zero-order chi connectivity index (χ0) is 9.90. The predicted molar refractivity (Wildman–Crippen MR) is 51.4 cm³/mol. The molecule has 1 atom stereocenters. The number of nitriles is 1. The van der Waals surface area contributed by atoms with Gasteiger partial charge in [-0.05, 0) is 24.6 Å². The fourth-order valence-electron chi connectivity index (χ4n) is 1.04. The molecule has 1 N–H and O–H groups in total. The number of benzene rings is 1. The first kappa shape index (κ1) is 10.0. The van der Waals surface area contributed by atoms with Gasteiger partial charge in [-0.3, -0.25) is 0 Å². The van der Waals surface area contributed by atoms with Gasteiger partial charge < -0.3 is 5.11 Å². The van der Waals surface area contributed by atoms with Crippen molar-refractivity contribution in [3.8, 4) is 6.07 Å². The van der Waals surface area contributed by atoms with Crippen molar-refractivity contribution < 1.29 is 5.11 Å². The Morgan fingerprint density at radius 2 is 2.00 bits per heavy atom. The van der Waals surface area contributed by atoms with Crippen molar-refractivity contribution in [1.29, 1.82) is 5.26 Å². The maximum atomic E-state index is 9.45. The smallest absolute Gasteiger partial charge is 0.152 e. The van der Waals surface area contributed by atoms with Gasteiger partial charge in [0.15, 0.2) is 5.60 Å². The summed E-state index contributed by atoms with van der Waals surface area (Å²) in [7, 11) is 0. The van der Waals surface area contributed by atoms with Crippen molar-refractivity contribution in [2.45, 2.75) is 18.9 Å². The molecule has 0 heterocycles. The quantitative estimate of drug-likeness (QED) is 0.735. The zero-order valence-corrected chi connectivity index (χ0v) is 8.04. The molecule has 2 nitrogen and oxygen atoms in total. The molecule has 0 bridgehead atoms. The van der Waals surface area contributed by atoms with Crippen LogP contribution in [0.25, 0.3) is 0 Å². The van der Waals surface area contributed by atoms with Gasteiger partial charge in [-0.15, -0.1) is 0 Å². The highest BCUT2D eigenvalue weighted by Gasteiger charge is 2.19. The first-order valence-corrected chi connectivity index (χ1v) is 4.29. The van der Waals surface area contributed by atoms with Gasteiger partial charge >= 0.3 is 0 Å². The number of aliphatic hydroxyl groups is 1. The van der Waals surface area contributed by atoms with Gasteiger partial charge in [0.05, 0.1) is 6.07 Å². The van der Waals surface area contributed by atoms with Crippen LogP contribution in [0.5, 0.6) is 0 Å². The number of hydrogen-bond donors (Lipinski definition) is 1. The molecule has 0 spiro atoms. The van der Waals surface area contributed by atoms with E-state index >= 15 is 0 Å². The molecule has 0 amide bonds. The third kappa shape index (κ3) is 3.06. The number of nitrogens with zero attached hydrogens (tertiary/aromatic N) is 1. The summed E-state index contributed by atoms with van der Waals surface area (Å²) in [5.74, 6) is 0. The Labute approximate surface area is 82.4 Å². The Morgan fingerprint density at radius 1 is 1.46 bits per heavy atom. The van der Waals surface area contributed by atoms with E-state index in [2.05, 4.69) is 0 Å². The van der Waals surface area contributed by atoms with E-state index in [4.69, 9.17) is 16.9 Å². The fraction of sp³-hybridized carbons (Fsp3) is 0.300. The summed E-state index contributed by atoms with van der Waals surface area (Å²) in [5.41, 5.74) is -0.399. The summed E-state index contributed by atoms with van der Waals surface area (Å²) in [5, 5.41) is 18.7. The highest BCUT2D eigenvalue weighted by atomic mass is 35.5. The minimum atomic E-state index is -1.30. The summed E-state index contributed by atoms with van der Waals surface area (Å²) < 4.78 is 0. The van der Waals surface area contributed by atoms with Gasteiger partial charge in [0, 0.05) is 11.4 Å². The van der Waals surface area contributed by atoms with Gasteiger partial charge in [0.2, 0.25) is 0 Å². The van der Waals surface area contributed by atoms with Crippen LogP contribution in [0.2, 0.25) is 5.02 Å². The first-order chi connectivity index (χ1) is 6.03. The van der Waals surface area contributed by atoms with E-state index in [-0.39, 0.29) is 0 Å². The maximum Gasteiger partial charge on any atom is 0.152 e. The van der Waals surface area contributed by atoms with Crippen LogP contribution in [0.1, 0.15) is 12.5 Å². The normalized spacial score (nSPS) is 14.6. The average Bonchev–Trinajstić information content (AvgIpc) is 2.09. The highest BCUT2D eigenvalue weighted by molar-refractivity contribution is 6.30. The SMILES string of the molecule is C[C@@](O)(C#N)Cc1ccc(Cl)cc1. The van der Waals surface area contributed by atoms with Crippen molar-refractivity contribution in [2.75, 3.05) is 0 Å². The summed E-state index contributed by atoms with van der Waals surface area (Å²) >= 11 is 5.69. The minimum Gasteiger partial charge on any atom is -0.375 e. The molecule has 0 radical (unpaired) electrons. The lowest BCUT2D eigenvalue weighted by atomic mass is 9.98. The molecular formula is C10H10ClNO. The van der Waals surface area contributed by atoms with Crippen LogP contribution in [0.4, 0.5) is 0 Å². The van der Waals surface area contributed by atoms with Gasteiger partial charge in [0.25, 0.3) is 0 Å². The molecule has 1 aromatic carbocycles. The molecule has 1 aromatic rings. The topological polar surface area (TPSA) is 44.0 Å². The monoisotopic (exact) mass is 195 g/mol. The van der Waals surface area contributed by atoms with E-state index in [0.29, 0.717) is 11.4 Å². The molecule has 1 rings (SSSR count). The van der Waals surface area contributed by atoms with Gasteiger partial charge in [-0.2, -0.15) is 5.26 Å². The Kier molecular flexibility index (Phi) is 2.92. The minimum absolute atomic E-state index is 0.320. The number of halogens is 1. The Bertz CT molecular complexity index is 324. The van der Waals surface area contributed by atoms with Crippen LogP contribution in [-0.4, -0.2) is 10.7 Å². The molecule has 0 aromatic heterocycles. The van der Waals surface area contributed by atoms with Crippen molar-refractivity contribution in [2.24, 2.45) is 0 Å². The van der Waals surface area contributed by atoms with E-state index in [1.165, 1.54) is 6.92 Å². The summed E-state index contributed by atoms with van der Waals surface area (Å²) in [6.07, 6.45) is 0.320. The fourth-order valence-corrected chi connectivity index (χ4v) is 1.17. The lowest BCUT2D eigenvalue weighted by molar-refractivity contribution is 0.120. The van der Waals surface area contributed by atoms with Crippen molar-refractivity contribution in [3.63, 3.8) is 0 Å². The molecule has 0 fully saturated rings. The molecule has 0 aliphatic heterocycles. The zero-order valence-electron chi connectivity index (χ0n) is 7.29. The van der Waals surface area contributed by atoms with E-state index in [1.807, 2.05) is 6.07 Å². The Morgan fingerprint density at radius 3 is 2.46 bits per heavy atom. The van der Waals surface area contributed by atoms with Crippen LogP contribution in [-0.2, 0) is 6.42 Å². The molecule has 0 aliphatic rings. The maximum absolute atomic E-state index is 9.45. The van der Waals surface area contributed by atoms with Crippen molar-refractivity contribution in [3.05, 3.63) is 34.9 Å². The predicted octanol–water partition coefficient (Wildman–Crippen LogP) is 2.16.